The van der Waals surface area contributed by atoms with Gasteiger partial charge in [-0.1, -0.05) is 26.7 Å². The summed E-state index contributed by atoms with van der Waals surface area (Å²) in [4.78, 5) is 15.0. The van der Waals surface area contributed by atoms with Gasteiger partial charge in [-0.3, -0.25) is 0 Å². The molecule has 2 aromatic heterocycles. The quantitative estimate of drug-likeness (QED) is 0.830. The number of H-pyrrole nitrogens is 1. The van der Waals surface area contributed by atoms with E-state index >= 15 is 0 Å². The van der Waals surface area contributed by atoms with E-state index in [0.717, 1.165) is 41.5 Å². The maximum Gasteiger partial charge on any atom is 0.143 e. The van der Waals surface area contributed by atoms with Crippen LogP contribution in [0.5, 0.6) is 0 Å². The van der Waals surface area contributed by atoms with Gasteiger partial charge in [0.15, 0.2) is 0 Å². The van der Waals surface area contributed by atoms with E-state index < -0.39 is 0 Å². The standard InChI is InChI=1S/C16H26N4/c1-5-7-9-20(10-8-6-2)16-14-11-12(3)17-15(14)18-13(4)19-16/h11H,5-10H2,1-4H3,(H,17,18,19). The van der Waals surface area contributed by atoms with Crippen LogP contribution in [0, 0.1) is 13.8 Å². The maximum absolute atomic E-state index is 4.72. The molecule has 0 saturated carbocycles. The normalized spacial score (nSPS) is 11.2. The molecule has 1 N–H and O–H groups in total. The summed E-state index contributed by atoms with van der Waals surface area (Å²) in [6.45, 7) is 10.7. The summed E-state index contributed by atoms with van der Waals surface area (Å²) in [6, 6.07) is 2.16. The van der Waals surface area contributed by atoms with E-state index in [4.69, 9.17) is 4.98 Å². The Morgan fingerprint density at radius 2 is 1.70 bits per heavy atom. The number of nitrogens with one attached hydrogen (secondary N) is 1. The molecule has 0 fully saturated rings. The van der Waals surface area contributed by atoms with E-state index in [-0.39, 0.29) is 0 Å². The number of aryl methyl sites for hydroxylation is 2. The van der Waals surface area contributed by atoms with Crippen LogP contribution < -0.4 is 4.90 Å². The summed E-state index contributed by atoms with van der Waals surface area (Å²) in [6.07, 6.45) is 4.83. The molecule has 4 nitrogen and oxygen atoms in total. The molecule has 0 unspecified atom stereocenters. The van der Waals surface area contributed by atoms with Crippen molar-refractivity contribution in [1.82, 2.24) is 15.0 Å². The number of fused-ring (bicyclic) bond motifs is 1. The van der Waals surface area contributed by atoms with Gasteiger partial charge in [-0.15, -0.1) is 0 Å². The van der Waals surface area contributed by atoms with Gasteiger partial charge in [0, 0.05) is 18.8 Å². The Kier molecular flexibility index (Phi) is 4.99. The molecule has 2 rings (SSSR count). The van der Waals surface area contributed by atoms with Gasteiger partial charge in [0.1, 0.15) is 17.3 Å². The molecule has 4 heteroatoms. The van der Waals surface area contributed by atoms with Crippen molar-refractivity contribution < 1.29 is 0 Å². The number of rotatable bonds is 7. The Morgan fingerprint density at radius 1 is 1.05 bits per heavy atom. The van der Waals surface area contributed by atoms with Crippen LogP contribution in [0.4, 0.5) is 5.82 Å². The summed E-state index contributed by atoms with van der Waals surface area (Å²) in [5.74, 6) is 1.94. The first-order valence-corrected chi connectivity index (χ1v) is 7.74. The van der Waals surface area contributed by atoms with Crippen molar-refractivity contribution in [1.29, 1.82) is 0 Å². The molecule has 0 bridgehead atoms. The van der Waals surface area contributed by atoms with Gasteiger partial charge in [0.2, 0.25) is 0 Å². The molecule has 0 spiro atoms. The largest absolute Gasteiger partial charge is 0.356 e. The molecular formula is C16H26N4. The number of nitrogens with zero attached hydrogens (tertiary/aromatic N) is 3. The highest BCUT2D eigenvalue weighted by Gasteiger charge is 2.14. The van der Waals surface area contributed by atoms with Crippen LogP contribution in [0.15, 0.2) is 6.07 Å². The smallest absolute Gasteiger partial charge is 0.143 e. The van der Waals surface area contributed by atoms with Gasteiger partial charge in [-0.25, -0.2) is 9.97 Å². The molecule has 2 heterocycles. The monoisotopic (exact) mass is 274 g/mol. The fraction of sp³-hybridized carbons (Fsp3) is 0.625. The predicted octanol–water partition coefficient (Wildman–Crippen LogP) is 3.98. The molecule has 20 heavy (non-hydrogen) atoms. The molecule has 0 aliphatic rings. The Morgan fingerprint density at radius 3 is 2.30 bits per heavy atom. The van der Waals surface area contributed by atoms with Gasteiger partial charge in [0.25, 0.3) is 0 Å². The van der Waals surface area contributed by atoms with E-state index in [1.807, 2.05) is 6.92 Å². The second-order valence-electron chi connectivity index (χ2n) is 5.50. The van der Waals surface area contributed by atoms with E-state index in [1.165, 1.54) is 25.7 Å². The maximum atomic E-state index is 4.72. The van der Waals surface area contributed by atoms with Crippen LogP contribution >= 0.6 is 0 Å². The summed E-state index contributed by atoms with van der Waals surface area (Å²) >= 11 is 0. The third-order valence-electron chi connectivity index (χ3n) is 3.58. The lowest BCUT2D eigenvalue weighted by atomic mass is 10.2. The minimum atomic E-state index is 0.840. The van der Waals surface area contributed by atoms with Crippen LogP contribution in [-0.2, 0) is 0 Å². The number of hydrogen-bond acceptors (Lipinski definition) is 3. The van der Waals surface area contributed by atoms with Gasteiger partial charge in [-0.05, 0) is 32.8 Å². The van der Waals surface area contributed by atoms with Crippen molar-refractivity contribution >= 4 is 16.9 Å². The molecule has 0 aromatic carbocycles. The van der Waals surface area contributed by atoms with Gasteiger partial charge >= 0.3 is 0 Å². The minimum Gasteiger partial charge on any atom is -0.356 e. The lowest BCUT2D eigenvalue weighted by molar-refractivity contribution is 0.672. The number of aromatic amines is 1. The number of hydrogen-bond donors (Lipinski definition) is 1. The van der Waals surface area contributed by atoms with Gasteiger partial charge < -0.3 is 9.88 Å². The molecule has 2 aromatic rings. The van der Waals surface area contributed by atoms with Crippen LogP contribution in [-0.4, -0.2) is 28.0 Å². The zero-order chi connectivity index (χ0) is 14.5. The van der Waals surface area contributed by atoms with E-state index in [0.29, 0.717) is 0 Å². The third kappa shape index (κ3) is 3.30. The van der Waals surface area contributed by atoms with Gasteiger partial charge in [0.05, 0.1) is 5.39 Å². The Hall–Kier alpha value is -1.58. The molecule has 110 valence electrons. The number of unbranched alkanes of at least 4 members (excludes halogenated alkanes) is 2. The molecule has 0 saturated heterocycles. The molecular weight excluding hydrogens is 248 g/mol. The highest BCUT2D eigenvalue weighted by molar-refractivity contribution is 5.88. The average molecular weight is 274 g/mol. The summed E-state index contributed by atoms with van der Waals surface area (Å²) < 4.78 is 0. The van der Waals surface area contributed by atoms with Crippen LogP contribution in [0.1, 0.15) is 51.0 Å². The number of anilines is 1. The Bertz CT molecular complexity index is 551. The summed E-state index contributed by atoms with van der Waals surface area (Å²) in [5.41, 5.74) is 2.11. The van der Waals surface area contributed by atoms with Crippen LogP contribution in [0.3, 0.4) is 0 Å². The van der Waals surface area contributed by atoms with Crippen molar-refractivity contribution in [3.63, 3.8) is 0 Å². The molecule has 0 atom stereocenters. The number of aromatic nitrogens is 3. The first-order chi connectivity index (χ1) is 9.65. The zero-order valence-corrected chi connectivity index (χ0v) is 13.2. The molecule has 0 aliphatic carbocycles. The summed E-state index contributed by atoms with van der Waals surface area (Å²) in [7, 11) is 0. The first-order valence-electron chi connectivity index (χ1n) is 7.74. The van der Waals surface area contributed by atoms with Crippen LogP contribution in [0.2, 0.25) is 0 Å². The highest BCUT2D eigenvalue weighted by atomic mass is 15.2. The summed E-state index contributed by atoms with van der Waals surface area (Å²) in [5, 5.41) is 1.15. The van der Waals surface area contributed by atoms with Crippen molar-refractivity contribution in [3.8, 4) is 0 Å². The van der Waals surface area contributed by atoms with Crippen molar-refractivity contribution in [2.45, 2.75) is 53.4 Å². The fourth-order valence-electron chi connectivity index (χ4n) is 2.50. The Balaban J connectivity index is 2.39. The highest BCUT2D eigenvalue weighted by Crippen LogP contribution is 2.25. The van der Waals surface area contributed by atoms with E-state index in [9.17, 15) is 0 Å². The SMILES string of the molecule is CCCCN(CCCC)c1nc(C)nc2[nH]c(C)cc12. The second kappa shape index (κ2) is 6.73. The van der Waals surface area contributed by atoms with Gasteiger partial charge in [-0.2, -0.15) is 0 Å². The van der Waals surface area contributed by atoms with Crippen LogP contribution in [0.25, 0.3) is 11.0 Å². The average Bonchev–Trinajstić information content (AvgIpc) is 2.78. The minimum absolute atomic E-state index is 0.840. The molecule has 0 aliphatic heterocycles. The van der Waals surface area contributed by atoms with Crippen molar-refractivity contribution in [3.05, 3.63) is 17.6 Å². The zero-order valence-electron chi connectivity index (χ0n) is 13.2. The molecule has 0 radical (unpaired) electrons. The Labute approximate surface area is 121 Å². The van der Waals surface area contributed by atoms with Crippen molar-refractivity contribution in [2.24, 2.45) is 0 Å². The van der Waals surface area contributed by atoms with Crippen molar-refractivity contribution in [2.75, 3.05) is 18.0 Å². The lowest BCUT2D eigenvalue weighted by Gasteiger charge is -2.24. The topological polar surface area (TPSA) is 44.8 Å². The predicted molar refractivity (Wildman–Crippen MR) is 85.4 cm³/mol. The third-order valence-corrected chi connectivity index (χ3v) is 3.58. The van der Waals surface area contributed by atoms with E-state index in [2.05, 4.69) is 41.7 Å². The fourth-order valence-corrected chi connectivity index (χ4v) is 2.50. The molecule has 0 amide bonds. The van der Waals surface area contributed by atoms with E-state index in [1.54, 1.807) is 0 Å². The lowest BCUT2D eigenvalue weighted by Crippen LogP contribution is -2.27. The first kappa shape index (κ1) is 14.8. The second-order valence-corrected chi connectivity index (χ2v) is 5.50.